The Morgan fingerprint density at radius 1 is 1.34 bits per heavy atom. The molecule has 3 atom stereocenters. The second kappa shape index (κ2) is 9.92. The molecule has 0 amide bonds. The van der Waals surface area contributed by atoms with E-state index in [0.29, 0.717) is 31.0 Å². The van der Waals surface area contributed by atoms with Crippen LogP contribution in [0.2, 0.25) is 0 Å². The van der Waals surface area contributed by atoms with Gasteiger partial charge in [-0.15, -0.1) is 0 Å². The number of nitrogens with zero attached hydrogens (tertiary/aromatic N) is 1. The van der Waals surface area contributed by atoms with E-state index < -0.39 is 5.41 Å². The Morgan fingerprint density at radius 2 is 2.17 bits per heavy atom. The maximum atomic E-state index is 13.1. The van der Waals surface area contributed by atoms with Crippen molar-refractivity contribution in [2.75, 3.05) is 33.4 Å². The van der Waals surface area contributed by atoms with Crippen molar-refractivity contribution in [3.8, 4) is 5.75 Å². The number of nitrogens with one attached hydrogen (secondary N) is 2. The van der Waals surface area contributed by atoms with E-state index in [1.54, 1.807) is 7.11 Å². The van der Waals surface area contributed by atoms with Crippen LogP contribution in [0.4, 0.5) is 0 Å². The van der Waals surface area contributed by atoms with Crippen LogP contribution in [0.5, 0.6) is 5.75 Å². The van der Waals surface area contributed by atoms with Gasteiger partial charge in [0.15, 0.2) is 0 Å². The first-order valence-electron chi connectivity index (χ1n) is 11.0. The summed E-state index contributed by atoms with van der Waals surface area (Å²) in [5, 5.41) is 0. The molecule has 1 aromatic rings. The highest BCUT2D eigenvalue weighted by molar-refractivity contribution is 5.78. The van der Waals surface area contributed by atoms with Gasteiger partial charge in [-0.3, -0.25) is 15.6 Å². The number of hydrogen-bond donors (Lipinski definition) is 2. The number of likely N-dealkylation sites (tertiary alicyclic amines) is 1. The number of esters is 1. The molecule has 6 heteroatoms. The number of carbonyl (C=O) groups excluding carboxylic acids is 1. The summed E-state index contributed by atoms with van der Waals surface area (Å²) in [4.78, 5) is 15.5. The van der Waals surface area contributed by atoms with Crippen molar-refractivity contribution in [3.63, 3.8) is 0 Å². The van der Waals surface area contributed by atoms with Crippen molar-refractivity contribution in [2.45, 2.75) is 58.5 Å². The second-order valence-electron chi connectivity index (χ2n) is 8.94. The quantitative estimate of drug-likeness (QED) is 0.651. The van der Waals surface area contributed by atoms with Gasteiger partial charge in [-0.25, -0.2) is 0 Å². The number of ether oxygens (including phenoxy) is 2. The molecular formula is C23H37N3O3. The average Bonchev–Trinajstić information content (AvgIpc) is 3.17. The topological polar surface area (TPSA) is 62.8 Å². The minimum atomic E-state index is -0.496. The van der Waals surface area contributed by atoms with Gasteiger partial charge in [0.2, 0.25) is 0 Å². The molecule has 29 heavy (non-hydrogen) atoms. The van der Waals surface area contributed by atoms with Crippen molar-refractivity contribution in [1.29, 1.82) is 0 Å². The van der Waals surface area contributed by atoms with E-state index >= 15 is 0 Å². The highest BCUT2D eigenvalue weighted by atomic mass is 16.5. The van der Waals surface area contributed by atoms with Crippen molar-refractivity contribution >= 4 is 5.97 Å². The van der Waals surface area contributed by atoms with Gasteiger partial charge in [-0.2, -0.15) is 0 Å². The van der Waals surface area contributed by atoms with Crippen LogP contribution >= 0.6 is 0 Å². The number of piperidine rings is 1. The minimum Gasteiger partial charge on any atom is -0.497 e. The summed E-state index contributed by atoms with van der Waals surface area (Å²) in [7, 11) is 1.68. The van der Waals surface area contributed by atoms with Crippen LogP contribution in [0.1, 0.15) is 45.6 Å². The third kappa shape index (κ3) is 5.50. The molecule has 3 rings (SSSR count). The molecule has 2 aliphatic heterocycles. The molecule has 0 aromatic heterocycles. The summed E-state index contributed by atoms with van der Waals surface area (Å²) in [6.45, 7) is 9.54. The molecule has 2 saturated heterocycles. The van der Waals surface area contributed by atoms with Crippen LogP contribution < -0.4 is 15.6 Å². The number of benzene rings is 1. The summed E-state index contributed by atoms with van der Waals surface area (Å²) in [6, 6.07) is 8.98. The zero-order valence-electron chi connectivity index (χ0n) is 18.4. The molecule has 2 N–H and O–H groups in total. The van der Waals surface area contributed by atoms with Crippen LogP contribution in [-0.4, -0.2) is 56.3 Å². The van der Waals surface area contributed by atoms with Crippen LogP contribution in [0.3, 0.4) is 0 Å². The Bertz CT molecular complexity index is 681. The fourth-order valence-electron chi connectivity index (χ4n) is 4.74. The third-order valence-corrected chi connectivity index (χ3v) is 6.34. The number of hydrazine groups is 1. The van der Waals surface area contributed by atoms with Crippen molar-refractivity contribution in [3.05, 3.63) is 29.8 Å². The van der Waals surface area contributed by atoms with E-state index in [9.17, 15) is 4.79 Å². The molecule has 2 heterocycles. The first-order valence-corrected chi connectivity index (χ1v) is 11.0. The number of hydrogen-bond acceptors (Lipinski definition) is 6. The predicted octanol–water partition coefficient (Wildman–Crippen LogP) is 2.77. The summed E-state index contributed by atoms with van der Waals surface area (Å²) < 4.78 is 10.9. The van der Waals surface area contributed by atoms with Crippen LogP contribution in [-0.2, 0) is 16.0 Å². The number of carbonyl (C=O) groups is 1. The zero-order chi connectivity index (χ0) is 20.9. The smallest absolute Gasteiger partial charge is 0.313 e. The molecule has 0 spiro atoms. The summed E-state index contributed by atoms with van der Waals surface area (Å²) in [6.07, 6.45) is 3.68. The molecular weight excluding hydrogens is 366 g/mol. The van der Waals surface area contributed by atoms with Gasteiger partial charge in [0, 0.05) is 25.2 Å². The van der Waals surface area contributed by atoms with Crippen molar-refractivity contribution in [1.82, 2.24) is 15.8 Å². The van der Waals surface area contributed by atoms with Crippen molar-refractivity contribution in [2.24, 2.45) is 11.3 Å². The maximum Gasteiger partial charge on any atom is 0.313 e. The number of methoxy groups -OCH3 is 1. The summed E-state index contributed by atoms with van der Waals surface area (Å²) >= 11 is 0. The highest BCUT2D eigenvalue weighted by Crippen LogP contribution is 2.36. The first kappa shape index (κ1) is 22.1. The third-order valence-electron chi connectivity index (χ3n) is 6.34. The normalized spacial score (nSPS) is 27.9. The van der Waals surface area contributed by atoms with Crippen LogP contribution in [0.15, 0.2) is 24.3 Å². The fourth-order valence-corrected chi connectivity index (χ4v) is 4.74. The van der Waals surface area contributed by atoms with E-state index in [-0.39, 0.29) is 5.97 Å². The maximum absolute atomic E-state index is 13.1. The lowest BCUT2D eigenvalue weighted by Crippen LogP contribution is -2.52. The standard InChI is InChI=1S/C23H37N3O3/c1-5-29-22(27)23(14-18-8-6-9-20(12-18)28-4)10-7-11-26(16-23)15-19-13-21(17(2)3)25-24-19/h6,8-9,12,17,19,21,24-25H,5,7,10-11,13-16H2,1-4H3. The predicted molar refractivity (Wildman–Crippen MR) is 115 cm³/mol. The van der Waals surface area contributed by atoms with Gasteiger partial charge < -0.3 is 14.4 Å². The van der Waals surface area contributed by atoms with E-state index in [0.717, 1.165) is 50.2 Å². The van der Waals surface area contributed by atoms with E-state index in [4.69, 9.17) is 9.47 Å². The lowest BCUT2D eigenvalue weighted by atomic mass is 9.75. The second-order valence-corrected chi connectivity index (χ2v) is 8.94. The molecule has 1 aromatic carbocycles. The van der Waals surface area contributed by atoms with E-state index in [1.807, 2.05) is 25.1 Å². The Labute approximate surface area is 175 Å². The van der Waals surface area contributed by atoms with E-state index in [2.05, 4.69) is 35.7 Å². The van der Waals surface area contributed by atoms with Crippen LogP contribution in [0, 0.1) is 11.3 Å². The van der Waals surface area contributed by atoms with Gasteiger partial charge in [0.25, 0.3) is 0 Å². The Hall–Kier alpha value is -1.63. The summed E-state index contributed by atoms with van der Waals surface area (Å²) in [5.74, 6) is 1.38. The first-order chi connectivity index (χ1) is 14.0. The van der Waals surface area contributed by atoms with Gasteiger partial charge >= 0.3 is 5.97 Å². The molecule has 0 saturated carbocycles. The Morgan fingerprint density at radius 3 is 2.86 bits per heavy atom. The molecule has 162 valence electrons. The Balaban J connectivity index is 1.72. The van der Waals surface area contributed by atoms with E-state index in [1.165, 1.54) is 0 Å². The lowest BCUT2D eigenvalue weighted by Gasteiger charge is -2.42. The van der Waals surface area contributed by atoms with Gasteiger partial charge in [-0.1, -0.05) is 26.0 Å². The highest BCUT2D eigenvalue weighted by Gasteiger charge is 2.44. The molecule has 0 radical (unpaired) electrons. The monoisotopic (exact) mass is 403 g/mol. The molecule has 0 bridgehead atoms. The molecule has 2 aliphatic rings. The molecule has 3 unspecified atom stereocenters. The lowest BCUT2D eigenvalue weighted by molar-refractivity contribution is -0.159. The van der Waals surface area contributed by atoms with Gasteiger partial charge in [0.1, 0.15) is 5.75 Å². The Kier molecular flexibility index (Phi) is 7.55. The largest absolute Gasteiger partial charge is 0.497 e. The summed E-state index contributed by atoms with van der Waals surface area (Å²) in [5.41, 5.74) is 7.52. The minimum absolute atomic E-state index is 0.0647. The fraction of sp³-hybridized carbons (Fsp3) is 0.696. The number of rotatable bonds is 8. The molecule has 6 nitrogen and oxygen atoms in total. The zero-order valence-corrected chi connectivity index (χ0v) is 18.4. The van der Waals surface area contributed by atoms with Gasteiger partial charge in [0.05, 0.1) is 19.1 Å². The van der Waals surface area contributed by atoms with Gasteiger partial charge in [-0.05, 0) is 62.8 Å². The van der Waals surface area contributed by atoms with Crippen LogP contribution in [0.25, 0.3) is 0 Å². The average molecular weight is 404 g/mol. The van der Waals surface area contributed by atoms with Crippen molar-refractivity contribution < 1.29 is 14.3 Å². The molecule has 0 aliphatic carbocycles. The SMILES string of the molecule is CCOC(=O)C1(Cc2cccc(OC)c2)CCCN(CC2CC(C(C)C)NN2)C1. The molecule has 2 fully saturated rings.